The third-order valence-electron chi connectivity index (χ3n) is 5.68. The van der Waals surface area contributed by atoms with Crippen molar-refractivity contribution in [1.29, 1.82) is 0 Å². The Labute approximate surface area is 187 Å². The highest BCUT2D eigenvalue weighted by atomic mass is 16.5. The second-order valence-electron chi connectivity index (χ2n) is 7.30. The summed E-state index contributed by atoms with van der Waals surface area (Å²) in [6, 6.07) is 14.5. The topological polar surface area (TPSA) is 74.2 Å². The quantitative estimate of drug-likeness (QED) is 0.627. The van der Waals surface area contributed by atoms with Gasteiger partial charge in [-0.25, -0.2) is 4.79 Å². The zero-order valence-electron chi connectivity index (χ0n) is 18.6. The molecule has 8 heteroatoms. The highest BCUT2D eigenvalue weighted by molar-refractivity contribution is 5.92. The SMILES string of the molecule is COc1ccc(C2c3cccn3CCN2C(=O)Nc2cccc(OC)c2OC)c(OC)c1. The minimum atomic E-state index is -0.337. The van der Waals surface area contributed by atoms with Gasteiger partial charge in [-0.05, 0) is 36.4 Å². The Morgan fingerprint density at radius 3 is 2.44 bits per heavy atom. The van der Waals surface area contributed by atoms with Crippen molar-refractivity contribution in [1.82, 2.24) is 9.47 Å². The summed E-state index contributed by atoms with van der Waals surface area (Å²) in [5.74, 6) is 2.36. The van der Waals surface area contributed by atoms with Gasteiger partial charge in [0.2, 0.25) is 0 Å². The molecule has 1 aliphatic rings. The molecule has 3 aromatic rings. The maximum Gasteiger partial charge on any atom is 0.322 e. The van der Waals surface area contributed by atoms with E-state index in [9.17, 15) is 4.79 Å². The molecule has 2 amide bonds. The molecule has 0 spiro atoms. The molecule has 0 radical (unpaired) electrons. The van der Waals surface area contributed by atoms with Crippen molar-refractivity contribution in [2.45, 2.75) is 12.6 Å². The number of para-hydroxylation sites is 1. The standard InChI is InChI=1S/C24H27N3O5/c1-29-16-10-11-17(21(15-16)31-3)22-19-8-6-12-26(19)13-14-27(22)24(28)25-18-7-5-9-20(30-2)23(18)32-4/h5-12,15,22H,13-14H2,1-4H3,(H,25,28). The second-order valence-corrected chi connectivity index (χ2v) is 7.30. The van der Waals surface area contributed by atoms with E-state index < -0.39 is 0 Å². The fraction of sp³-hybridized carbons (Fsp3) is 0.292. The molecule has 0 bridgehead atoms. The smallest absolute Gasteiger partial charge is 0.322 e. The van der Waals surface area contributed by atoms with Gasteiger partial charge in [-0.3, -0.25) is 0 Å². The molecule has 0 aliphatic carbocycles. The van der Waals surface area contributed by atoms with E-state index in [1.54, 1.807) is 45.5 Å². The highest BCUT2D eigenvalue weighted by Gasteiger charge is 2.34. The number of urea groups is 1. The minimum Gasteiger partial charge on any atom is -0.497 e. The van der Waals surface area contributed by atoms with Crippen LogP contribution in [0.4, 0.5) is 10.5 Å². The number of nitrogens with zero attached hydrogens (tertiary/aromatic N) is 2. The Morgan fingerprint density at radius 1 is 0.906 bits per heavy atom. The molecule has 1 atom stereocenters. The largest absolute Gasteiger partial charge is 0.497 e. The molecule has 2 aromatic carbocycles. The molecule has 8 nitrogen and oxygen atoms in total. The van der Waals surface area contributed by atoms with Crippen LogP contribution in [0.2, 0.25) is 0 Å². The Hall–Kier alpha value is -3.81. The fourth-order valence-corrected chi connectivity index (χ4v) is 4.15. The minimum absolute atomic E-state index is 0.244. The van der Waals surface area contributed by atoms with Crippen LogP contribution in [0.5, 0.6) is 23.0 Å². The number of hydrogen-bond acceptors (Lipinski definition) is 5. The third-order valence-corrected chi connectivity index (χ3v) is 5.68. The molecule has 0 saturated carbocycles. The first-order valence-corrected chi connectivity index (χ1v) is 10.3. The first kappa shape index (κ1) is 21.4. The highest BCUT2D eigenvalue weighted by Crippen LogP contribution is 2.40. The summed E-state index contributed by atoms with van der Waals surface area (Å²) in [5.41, 5.74) is 2.42. The molecule has 1 aromatic heterocycles. The average Bonchev–Trinajstić information content (AvgIpc) is 3.31. The van der Waals surface area contributed by atoms with Crippen LogP contribution in [-0.2, 0) is 6.54 Å². The van der Waals surface area contributed by atoms with E-state index in [0.29, 0.717) is 41.8 Å². The van der Waals surface area contributed by atoms with E-state index in [0.717, 1.165) is 11.3 Å². The number of carbonyl (C=O) groups excluding carboxylic acids is 1. The van der Waals surface area contributed by atoms with E-state index in [1.165, 1.54) is 0 Å². The predicted octanol–water partition coefficient (Wildman–Crippen LogP) is 4.16. The first-order chi connectivity index (χ1) is 15.6. The van der Waals surface area contributed by atoms with E-state index in [4.69, 9.17) is 18.9 Å². The summed E-state index contributed by atoms with van der Waals surface area (Å²) in [6.45, 7) is 1.22. The summed E-state index contributed by atoms with van der Waals surface area (Å²) >= 11 is 0. The number of anilines is 1. The van der Waals surface area contributed by atoms with Crippen molar-refractivity contribution in [3.05, 3.63) is 66.0 Å². The molecule has 1 N–H and O–H groups in total. The van der Waals surface area contributed by atoms with Gasteiger partial charge in [-0.1, -0.05) is 6.07 Å². The van der Waals surface area contributed by atoms with Crippen LogP contribution >= 0.6 is 0 Å². The maximum atomic E-state index is 13.5. The average molecular weight is 437 g/mol. The summed E-state index contributed by atoms with van der Waals surface area (Å²) < 4.78 is 24.0. The number of hydrogen-bond donors (Lipinski definition) is 1. The van der Waals surface area contributed by atoms with Crippen molar-refractivity contribution < 1.29 is 23.7 Å². The number of rotatable bonds is 6. The number of benzene rings is 2. The van der Waals surface area contributed by atoms with Crippen LogP contribution in [0.1, 0.15) is 17.3 Å². The molecule has 0 fully saturated rings. The Kier molecular flexibility index (Phi) is 6.11. The van der Waals surface area contributed by atoms with Gasteiger partial charge >= 0.3 is 6.03 Å². The Balaban J connectivity index is 1.73. The van der Waals surface area contributed by atoms with Crippen molar-refractivity contribution in [3.63, 3.8) is 0 Å². The van der Waals surface area contributed by atoms with Crippen LogP contribution in [0.3, 0.4) is 0 Å². The molecular formula is C24H27N3O5. The Morgan fingerprint density at radius 2 is 1.72 bits per heavy atom. The van der Waals surface area contributed by atoms with E-state index in [2.05, 4.69) is 9.88 Å². The van der Waals surface area contributed by atoms with Gasteiger partial charge in [0.25, 0.3) is 0 Å². The van der Waals surface area contributed by atoms with Gasteiger partial charge in [0.05, 0.1) is 34.1 Å². The molecule has 1 aliphatic heterocycles. The number of methoxy groups -OCH3 is 4. The number of amides is 2. The van der Waals surface area contributed by atoms with Gasteiger partial charge in [-0.15, -0.1) is 0 Å². The van der Waals surface area contributed by atoms with Gasteiger partial charge in [0.1, 0.15) is 17.5 Å². The number of fused-ring (bicyclic) bond motifs is 1. The van der Waals surface area contributed by atoms with Crippen molar-refractivity contribution in [2.24, 2.45) is 0 Å². The zero-order chi connectivity index (χ0) is 22.7. The molecule has 32 heavy (non-hydrogen) atoms. The van der Waals surface area contributed by atoms with Crippen LogP contribution in [0.15, 0.2) is 54.7 Å². The lowest BCUT2D eigenvalue weighted by Crippen LogP contribution is -2.44. The van der Waals surface area contributed by atoms with Gasteiger partial charge in [0, 0.05) is 36.6 Å². The number of carbonyl (C=O) groups is 1. The van der Waals surface area contributed by atoms with Crippen LogP contribution in [0.25, 0.3) is 0 Å². The summed E-state index contributed by atoms with van der Waals surface area (Å²) in [4.78, 5) is 15.3. The molecular weight excluding hydrogens is 410 g/mol. The predicted molar refractivity (Wildman–Crippen MR) is 121 cm³/mol. The number of nitrogens with one attached hydrogen (secondary N) is 1. The van der Waals surface area contributed by atoms with Crippen molar-refractivity contribution in [3.8, 4) is 23.0 Å². The third kappa shape index (κ3) is 3.79. The maximum absolute atomic E-state index is 13.5. The summed E-state index contributed by atoms with van der Waals surface area (Å²) in [6.07, 6.45) is 2.03. The lowest BCUT2D eigenvalue weighted by Gasteiger charge is -2.37. The summed E-state index contributed by atoms with van der Waals surface area (Å²) in [5, 5.41) is 3.00. The first-order valence-electron chi connectivity index (χ1n) is 10.3. The molecule has 0 saturated heterocycles. The fourth-order valence-electron chi connectivity index (χ4n) is 4.15. The van der Waals surface area contributed by atoms with Crippen LogP contribution in [0, 0.1) is 0 Å². The van der Waals surface area contributed by atoms with Gasteiger partial charge in [0.15, 0.2) is 11.5 Å². The van der Waals surface area contributed by atoms with Gasteiger partial charge in [-0.2, -0.15) is 0 Å². The van der Waals surface area contributed by atoms with E-state index in [1.807, 2.05) is 42.6 Å². The number of aromatic nitrogens is 1. The Bertz CT molecular complexity index is 1110. The zero-order valence-corrected chi connectivity index (χ0v) is 18.6. The number of ether oxygens (including phenoxy) is 4. The normalized spacial score (nSPS) is 15.0. The molecule has 1 unspecified atom stereocenters. The molecule has 2 heterocycles. The van der Waals surface area contributed by atoms with E-state index >= 15 is 0 Å². The van der Waals surface area contributed by atoms with Crippen LogP contribution < -0.4 is 24.3 Å². The monoisotopic (exact) mass is 437 g/mol. The second kappa shape index (κ2) is 9.13. The molecule has 4 rings (SSSR count). The summed E-state index contributed by atoms with van der Waals surface area (Å²) in [7, 11) is 6.34. The lowest BCUT2D eigenvalue weighted by molar-refractivity contribution is 0.180. The van der Waals surface area contributed by atoms with Gasteiger partial charge < -0.3 is 33.7 Å². The lowest BCUT2D eigenvalue weighted by atomic mass is 9.99. The van der Waals surface area contributed by atoms with Crippen molar-refractivity contribution >= 4 is 11.7 Å². The van der Waals surface area contributed by atoms with Crippen molar-refractivity contribution in [2.75, 3.05) is 40.3 Å². The molecule has 168 valence electrons. The van der Waals surface area contributed by atoms with Crippen LogP contribution in [-0.4, -0.2) is 50.5 Å². The van der Waals surface area contributed by atoms with E-state index in [-0.39, 0.29) is 12.1 Å².